The molecule has 18 heavy (non-hydrogen) atoms. The molecule has 1 heterocycles. The van der Waals surface area contributed by atoms with Gasteiger partial charge in [0.05, 0.1) is 17.3 Å². The van der Waals surface area contributed by atoms with Crippen molar-refractivity contribution in [1.29, 1.82) is 0 Å². The van der Waals surface area contributed by atoms with Crippen LogP contribution in [0.25, 0.3) is 10.9 Å². The molecular formula is C14H19N3O. The Morgan fingerprint density at radius 2 is 2.22 bits per heavy atom. The fraction of sp³-hybridized carbons (Fsp3) is 0.357. The normalized spacial score (nSPS) is 12.6. The highest BCUT2D eigenvalue weighted by molar-refractivity contribution is 5.98. The summed E-state index contributed by atoms with van der Waals surface area (Å²) in [6.45, 7) is 2.59. The van der Waals surface area contributed by atoms with Crippen LogP contribution in [0.1, 0.15) is 19.8 Å². The largest absolute Gasteiger partial charge is 0.398 e. The van der Waals surface area contributed by atoms with Crippen LogP contribution < -0.4 is 11.1 Å². The predicted octanol–water partition coefficient (Wildman–Crippen LogP) is 2.39. The third kappa shape index (κ3) is 2.71. The zero-order chi connectivity index (χ0) is 13.0. The molecule has 0 aliphatic rings. The molecule has 0 fully saturated rings. The first-order valence-electron chi connectivity index (χ1n) is 6.27. The monoisotopic (exact) mass is 245 g/mol. The number of fused-ring (bicyclic) bond motifs is 1. The van der Waals surface area contributed by atoms with Crippen LogP contribution in [0.3, 0.4) is 0 Å². The first-order valence-corrected chi connectivity index (χ1v) is 6.27. The van der Waals surface area contributed by atoms with Crippen LogP contribution in [-0.2, 0) is 0 Å². The molecule has 1 unspecified atom stereocenters. The van der Waals surface area contributed by atoms with Crippen LogP contribution in [0.15, 0.2) is 30.5 Å². The number of rotatable bonds is 5. The second kappa shape index (κ2) is 5.69. The van der Waals surface area contributed by atoms with E-state index in [0.29, 0.717) is 6.54 Å². The van der Waals surface area contributed by atoms with E-state index >= 15 is 0 Å². The molecule has 4 heteroatoms. The molecule has 0 radical (unpaired) electrons. The third-order valence-corrected chi connectivity index (χ3v) is 2.95. The summed E-state index contributed by atoms with van der Waals surface area (Å²) in [5, 5.41) is 13.9. The van der Waals surface area contributed by atoms with Gasteiger partial charge in [0.2, 0.25) is 0 Å². The van der Waals surface area contributed by atoms with E-state index in [1.807, 2.05) is 24.3 Å². The van der Waals surface area contributed by atoms with Crippen molar-refractivity contribution in [3.8, 4) is 0 Å². The molecule has 96 valence electrons. The highest BCUT2D eigenvalue weighted by Gasteiger charge is 2.07. The van der Waals surface area contributed by atoms with Crippen molar-refractivity contribution >= 4 is 22.3 Å². The van der Waals surface area contributed by atoms with Gasteiger partial charge >= 0.3 is 0 Å². The second-order valence-electron chi connectivity index (χ2n) is 4.43. The maximum atomic E-state index is 9.73. The fourth-order valence-corrected chi connectivity index (χ4v) is 2.00. The van der Waals surface area contributed by atoms with Crippen molar-refractivity contribution < 1.29 is 5.11 Å². The molecule has 0 aliphatic carbocycles. The zero-order valence-electron chi connectivity index (χ0n) is 10.6. The number of nitrogens with two attached hydrogens (primary N) is 1. The van der Waals surface area contributed by atoms with Crippen molar-refractivity contribution in [2.45, 2.75) is 25.9 Å². The molecule has 1 atom stereocenters. The van der Waals surface area contributed by atoms with Crippen LogP contribution in [0, 0.1) is 0 Å². The molecule has 0 amide bonds. The molecule has 4 nitrogen and oxygen atoms in total. The Hall–Kier alpha value is -1.81. The van der Waals surface area contributed by atoms with Gasteiger partial charge in [-0.2, -0.15) is 0 Å². The Balaban J connectivity index is 2.21. The van der Waals surface area contributed by atoms with E-state index in [2.05, 4.69) is 17.2 Å². The molecule has 2 aromatic rings. The molecule has 1 aromatic carbocycles. The summed E-state index contributed by atoms with van der Waals surface area (Å²) in [5.74, 6) is 0. The Morgan fingerprint density at radius 3 is 3.00 bits per heavy atom. The van der Waals surface area contributed by atoms with Gasteiger partial charge in [-0.25, -0.2) is 0 Å². The number of nitrogen functional groups attached to an aromatic ring is 1. The van der Waals surface area contributed by atoms with E-state index < -0.39 is 0 Å². The average molecular weight is 245 g/mol. The van der Waals surface area contributed by atoms with Gasteiger partial charge in [-0.15, -0.1) is 0 Å². The second-order valence-corrected chi connectivity index (χ2v) is 4.43. The number of hydrogen-bond acceptors (Lipinski definition) is 4. The van der Waals surface area contributed by atoms with Crippen LogP contribution in [0.4, 0.5) is 11.4 Å². The van der Waals surface area contributed by atoms with E-state index in [-0.39, 0.29) is 6.10 Å². The van der Waals surface area contributed by atoms with E-state index in [0.717, 1.165) is 35.1 Å². The first-order chi connectivity index (χ1) is 8.72. The minimum absolute atomic E-state index is 0.327. The summed E-state index contributed by atoms with van der Waals surface area (Å²) >= 11 is 0. The maximum absolute atomic E-state index is 9.73. The smallest absolute Gasteiger partial charge is 0.0953 e. The van der Waals surface area contributed by atoms with Gasteiger partial charge in [-0.3, -0.25) is 4.98 Å². The number of nitrogens with one attached hydrogen (secondary N) is 1. The van der Waals surface area contributed by atoms with Crippen molar-refractivity contribution in [3.05, 3.63) is 30.5 Å². The van der Waals surface area contributed by atoms with E-state index in [4.69, 9.17) is 5.73 Å². The zero-order valence-corrected chi connectivity index (χ0v) is 10.6. The topological polar surface area (TPSA) is 71.2 Å². The minimum Gasteiger partial charge on any atom is -0.398 e. The number of nitrogens with zero attached hydrogens (tertiary/aromatic N) is 1. The van der Waals surface area contributed by atoms with Gasteiger partial charge in [0.15, 0.2) is 0 Å². The number of anilines is 2. The van der Waals surface area contributed by atoms with E-state index in [1.165, 1.54) is 0 Å². The summed E-state index contributed by atoms with van der Waals surface area (Å²) in [6, 6.07) is 7.58. The van der Waals surface area contributed by atoms with Crippen molar-refractivity contribution in [2.24, 2.45) is 0 Å². The Morgan fingerprint density at radius 1 is 1.39 bits per heavy atom. The number of aliphatic hydroxyl groups is 1. The van der Waals surface area contributed by atoms with E-state index in [1.54, 1.807) is 6.20 Å². The average Bonchev–Trinajstić information content (AvgIpc) is 2.39. The molecule has 0 spiro atoms. The highest BCUT2D eigenvalue weighted by Crippen LogP contribution is 2.26. The van der Waals surface area contributed by atoms with Gasteiger partial charge in [0.25, 0.3) is 0 Å². The molecule has 4 N–H and O–H groups in total. The van der Waals surface area contributed by atoms with Crippen LogP contribution >= 0.6 is 0 Å². The quantitative estimate of drug-likeness (QED) is 0.707. The molecule has 0 aliphatic heterocycles. The summed E-state index contributed by atoms with van der Waals surface area (Å²) in [5.41, 5.74) is 8.39. The fourth-order valence-electron chi connectivity index (χ4n) is 2.00. The number of aromatic nitrogens is 1. The summed E-state index contributed by atoms with van der Waals surface area (Å²) in [4.78, 5) is 4.34. The van der Waals surface area contributed by atoms with Crippen LogP contribution in [0.5, 0.6) is 0 Å². The predicted molar refractivity (Wildman–Crippen MR) is 75.6 cm³/mol. The lowest BCUT2D eigenvalue weighted by Crippen LogP contribution is -2.19. The standard InChI is InChI=1S/C14H19N3O/c1-2-4-10(18)9-17-13-7-6-12(15)11-5-3-8-16-14(11)13/h3,5-8,10,17-18H,2,4,9,15H2,1H3. The lowest BCUT2D eigenvalue weighted by atomic mass is 10.1. The molecule has 0 saturated heterocycles. The van der Waals surface area contributed by atoms with Crippen LogP contribution in [0.2, 0.25) is 0 Å². The van der Waals surface area contributed by atoms with E-state index in [9.17, 15) is 5.11 Å². The van der Waals surface area contributed by atoms with Gasteiger partial charge in [-0.1, -0.05) is 13.3 Å². The Bertz CT molecular complexity index is 527. The number of pyridine rings is 1. The first kappa shape index (κ1) is 12.6. The molecular weight excluding hydrogens is 226 g/mol. The maximum Gasteiger partial charge on any atom is 0.0953 e. The van der Waals surface area contributed by atoms with Gasteiger partial charge in [0, 0.05) is 23.8 Å². The lowest BCUT2D eigenvalue weighted by Gasteiger charge is -2.13. The van der Waals surface area contributed by atoms with Gasteiger partial charge in [-0.05, 0) is 30.7 Å². The minimum atomic E-state index is -0.327. The van der Waals surface area contributed by atoms with Crippen molar-refractivity contribution in [3.63, 3.8) is 0 Å². The summed E-state index contributed by atoms with van der Waals surface area (Å²) in [6.07, 6.45) is 3.19. The summed E-state index contributed by atoms with van der Waals surface area (Å²) < 4.78 is 0. The van der Waals surface area contributed by atoms with Crippen LogP contribution in [-0.4, -0.2) is 22.7 Å². The number of hydrogen-bond donors (Lipinski definition) is 3. The molecule has 1 aromatic heterocycles. The molecule has 2 rings (SSSR count). The highest BCUT2D eigenvalue weighted by atomic mass is 16.3. The molecule has 0 saturated carbocycles. The molecule has 0 bridgehead atoms. The number of benzene rings is 1. The van der Waals surface area contributed by atoms with Gasteiger partial charge in [0.1, 0.15) is 0 Å². The third-order valence-electron chi connectivity index (χ3n) is 2.95. The number of aliphatic hydroxyl groups excluding tert-OH is 1. The van der Waals surface area contributed by atoms with Crippen molar-refractivity contribution in [1.82, 2.24) is 4.98 Å². The SMILES string of the molecule is CCCC(O)CNc1ccc(N)c2cccnc12. The lowest BCUT2D eigenvalue weighted by molar-refractivity contribution is 0.176. The summed E-state index contributed by atoms with van der Waals surface area (Å²) in [7, 11) is 0. The Labute approximate surface area is 107 Å². The van der Waals surface area contributed by atoms with Gasteiger partial charge < -0.3 is 16.2 Å². The van der Waals surface area contributed by atoms with Crippen molar-refractivity contribution in [2.75, 3.05) is 17.6 Å². The Kier molecular flexibility index (Phi) is 3.99.